The van der Waals surface area contributed by atoms with Gasteiger partial charge in [0.2, 0.25) is 0 Å². The van der Waals surface area contributed by atoms with Crippen molar-refractivity contribution in [3.05, 3.63) is 34.9 Å². The number of carbonyl (C=O) groups is 2. The van der Waals surface area contributed by atoms with Gasteiger partial charge in [0, 0.05) is 5.02 Å². The van der Waals surface area contributed by atoms with E-state index in [0.717, 1.165) is 5.56 Å². The Hall–Kier alpha value is -1.55. The highest BCUT2D eigenvalue weighted by Crippen LogP contribution is 2.18. The fourth-order valence-electron chi connectivity index (χ4n) is 1.96. The molecule has 5 heteroatoms. The minimum atomic E-state index is -0.420. The minimum Gasteiger partial charge on any atom is -0.326 e. The quantitative estimate of drug-likeness (QED) is 0.854. The molecule has 1 aromatic carbocycles. The zero-order chi connectivity index (χ0) is 13.3. The molecule has 2 rings (SSSR count). The summed E-state index contributed by atoms with van der Waals surface area (Å²) in [6.07, 6.45) is 0. The molecule has 0 aliphatic carbocycles. The number of amides is 3. The van der Waals surface area contributed by atoms with Gasteiger partial charge in [0.1, 0.15) is 6.04 Å². The summed E-state index contributed by atoms with van der Waals surface area (Å²) >= 11 is 5.88. The second-order valence-corrected chi connectivity index (χ2v) is 5.16. The second-order valence-electron chi connectivity index (χ2n) is 4.73. The molecule has 3 amide bonds. The molecule has 0 saturated carbocycles. The lowest BCUT2D eigenvalue weighted by molar-refractivity contribution is -0.128. The SMILES string of the molecule is CC(C)C1NC(=O)N(Cc2cccc(Cl)c2)C1=O. The highest BCUT2D eigenvalue weighted by molar-refractivity contribution is 6.30. The average molecular weight is 267 g/mol. The number of halogens is 1. The van der Waals surface area contributed by atoms with Crippen molar-refractivity contribution in [1.82, 2.24) is 10.2 Å². The Labute approximate surface area is 111 Å². The molecule has 0 aromatic heterocycles. The minimum absolute atomic E-state index is 0.0887. The van der Waals surface area contributed by atoms with Gasteiger partial charge in [-0.15, -0.1) is 0 Å². The van der Waals surface area contributed by atoms with E-state index in [9.17, 15) is 9.59 Å². The molecule has 0 radical (unpaired) electrons. The predicted molar refractivity (Wildman–Crippen MR) is 69.2 cm³/mol. The predicted octanol–water partition coefficient (Wildman–Crippen LogP) is 2.42. The van der Waals surface area contributed by atoms with Crippen molar-refractivity contribution < 1.29 is 9.59 Å². The zero-order valence-corrected chi connectivity index (χ0v) is 11.1. The summed E-state index contributed by atoms with van der Waals surface area (Å²) in [5, 5.41) is 3.29. The Kier molecular flexibility index (Phi) is 3.57. The second kappa shape index (κ2) is 4.98. The molecule has 1 aliphatic rings. The summed E-state index contributed by atoms with van der Waals surface area (Å²) < 4.78 is 0. The summed E-state index contributed by atoms with van der Waals surface area (Å²) in [5.74, 6) is -0.0826. The molecule has 1 heterocycles. The Morgan fingerprint density at radius 2 is 2.11 bits per heavy atom. The lowest BCUT2D eigenvalue weighted by Crippen LogP contribution is -2.34. The molecule has 1 aromatic rings. The number of nitrogens with one attached hydrogen (secondary N) is 1. The van der Waals surface area contributed by atoms with E-state index in [0.29, 0.717) is 5.02 Å². The monoisotopic (exact) mass is 266 g/mol. The highest BCUT2D eigenvalue weighted by Gasteiger charge is 2.39. The van der Waals surface area contributed by atoms with Gasteiger partial charge in [-0.2, -0.15) is 0 Å². The van der Waals surface area contributed by atoms with Crippen LogP contribution in [0, 0.1) is 5.92 Å². The standard InChI is InChI=1S/C13H15ClN2O2/c1-8(2)11-12(17)16(13(18)15-11)7-9-4-3-5-10(14)6-9/h3-6,8,11H,7H2,1-2H3,(H,15,18). The number of benzene rings is 1. The Morgan fingerprint density at radius 1 is 1.39 bits per heavy atom. The van der Waals surface area contributed by atoms with Gasteiger partial charge >= 0.3 is 6.03 Å². The van der Waals surface area contributed by atoms with E-state index in [-0.39, 0.29) is 24.4 Å². The van der Waals surface area contributed by atoms with E-state index in [1.165, 1.54) is 4.90 Å². The van der Waals surface area contributed by atoms with Gasteiger partial charge in [-0.05, 0) is 23.6 Å². The molecular weight excluding hydrogens is 252 g/mol. The third-order valence-corrected chi connectivity index (χ3v) is 3.19. The third kappa shape index (κ3) is 2.48. The number of hydrogen-bond donors (Lipinski definition) is 1. The molecule has 1 fully saturated rings. The third-order valence-electron chi connectivity index (χ3n) is 2.95. The van der Waals surface area contributed by atoms with Crippen molar-refractivity contribution in [1.29, 1.82) is 0 Å². The number of urea groups is 1. The van der Waals surface area contributed by atoms with Crippen LogP contribution in [0.4, 0.5) is 4.79 Å². The number of nitrogens with zero attached hydrogens (tertiary/aromatic N) is 1. The van der Waals surface area contributed by atoms with Crippen molar-refractivity contribution in [2.24, 2.45) is 5.92 Å². The van der Waals surface area contributed by atoms with E-state index in [4.69, 9.17) is 11.6 Å². The average Bonchev–Trinajstić information content (AvgIpc) is 2.57. The van der Waals surface area contributed by atoms with Crippen LogP contribution >= 0.6 is 11.6 Å². The van der Waals surface area contributed by atoms with Crippen molar-refractivity contribution in [3.8, 4) is 0 Å². The van der Waals surface area contributed by atoms with Crippen molar-refractivity contribution >= 4 is 23.5 Å². The first-order valence-electron chi connectivity index (χ1n) is 5.85. The van der Waals surface area contributed by atoms with Crippen LogP contribution in [0.2, 0.25) is 5.02 Å². The van der Waals surface area contributed by atoms with Crippen LogP contribution < -0.4 is 5.32 Å². The molecule has 1 atom stereocenters. The van der Waals surface area contributed by atoms with Gasteiger partial charge in [-0.25, -0.2) is 4.79 Å². The molecule has 18 heavy (non-hydrogen) atoms. The van der Waals surface area contributed by atoms with E-state index in [1.807, 2.05) is 19.9 Å². The van der Waals surface area contributed by atoms with Crippen molar-refractivity contribution in [3.63, 3.8) is 0 Å². The number of hydrogen-bond acceptors (Lipinski definition) is 2. The topological polar surface area (TPSA) is 49.4 Å². The molecule has 0 spiro atoms. The van der Waals surface area contributed by atoms with Crippen LogP contribution in [0.1, 0.15) is 19.4 Å². The maximum Gasteiger partial charge on any atom is 0.325 e. The molecular formula is C13H15ClN2O2. The lowest BCUT2D eigenvalue weighted by Gasteiger charge is -2.14. The molecule has 1 N–H and O–H groups in total. The summed E-state index contributed by atoms with van der Waals surface area (Å²) in [6, 6.07) is 6.40. The van der Waals surface area contributed by atoms with Gasteiger partial charge in [-0.1, -0.05) is 37.6 Å². The maximum absolute atomic E-state index is 12.1. The fourth-order valence-corrected chi connectivity index (χ4v) is 2.17. The maximum atomic E-state index is 12.1. The van der Waals surface area contributed by atoms with Crippen LogP contribution in [-0.2, 0) is 11.3 Å². The van der Waals surface area contributed by atoms with Gasteiger partial charge in [-0.3, -0.25) is 9.69 Å². The van der Waals surface area contributed by atoms with Gasteiger partial charge in [0.25, 0.3) is 5.91 Å². The fraction of sp³-hybridized carbons (Fsp3) is 0.385. The van der Waals surface area contributed by atoms with Gasteiger partial charge < -0.3 is 5.32 Å². The van der Waals surface area contributed by atoms with Crippen LogP contribution in [0.25, 0.3) is 0 Å². The summed E-state index contributed by atoms with van der Waals surface area (Å²) in [7, 11) is 0. The van der Waals surface area contributed by atoms with Crippen molar-refractivity contribution in [2.45, 2.75) is 26.4 Å². The van der Waals surface area contributed by atoms with E-state index in [1.54, 1.807) is 18.2 Å². The first-order valence-corrected chi connectivity index (χ1v) is 6.23. The Bertz CT molecular complexity index is 488. The van der Waals surface area contributed by atoms with E-state index >= 15 is 0 Å². The lowest BCUT2D eigenvalue weighted by atomic mass is 10.0. The van der Waals surface area contributed by atoms with Crippen molar-refractivity contribution in [2.75, 3.05) is 0 Å². The smallest absolute Gasteiger partial charge is 0.325 e. The Morgan fingerprint density at radius 3 is 2.67 bits per heavy atom. The summed E-state index contributed by atoms with van der Waals surface area (Å²) in [5.41, 5.74) is 0.843. The largest absolute Gasteiger partial charge is 0.326 e. The molecule has 4 nitrogen and oxygen atoms in total. The number of imide groups is 1. The van der Waals surface area contributed by atoms with Gasteiger partial charge in [0.05, 0.1) is 6.54 Å². The Balaban J connectivity index is 2.15. The van der Waals surface area contributed by atoms with Crippen LogP contribution in [0.15, 0.2) is 24.3 Å². The molecule has 1 aliphatic heterocycles. The molecule has 96 valence electrons. The van der Waals surface area contributed by atoms with Gasteiger partial charge in [0.15, 0.2) is 0 Å². The molecule has 0 bridgehead atoms. The van der Waals surface area contributed by atoms with Crippen LogP contribution in [0.5, 0.6) is 0 Å². The molecule has 1 saturated heterocycles. The number of carbonyl (C=O) groups excluding carboxylic acids is 2. The molecule has 1 unspecified atom stereocenters. The van der Waals surface area contributed by atoms with E-state index < -0.39 is 6.04 Å². The van der Waals surface area contributed by atoms with Crippen LogP contribution in [-0.4, -0.2) is 22.9 Å². The summed E-state index contributed by atoms with van der Waals surface area (Å²) in [6.45, 7) is 4.08. The summed E-state index contributed by atoms with van der Waals surface area (Å²) in [4.78, 5) is 25.0. The van der Waals surface area contributed by atoms with E-state index in [2.05, 4.69) is 5.32 Å². The zero-order valence-electron chi connectivity index (χ0n) is 10.3. The highest BCUT2D eigenvalue weighted by atomic mass is 35.5. The normalized spacial score (nSPS) is 19.6. The van der Waals surface area contributed by atoms with Crippen LogP contribution in [0.3, 0.4) is 0 Å². The number of rotatable bonds is 3. The first kappa shape index (κ1) is 12.9. The first-order chi connectivity index (χ1) is 8.49.